The van der Waals surface area contributed by atoms with Gasteiger partial charge in [0.15, 0.2) is 11.9 Å². The van der Waals surface area contributed by atoms with Gasteiger partial charge in [0, 0.05) is 31.9 Å². The van der Waals surface area contributed by atoms with Crippen LogP contribution in [0.15, 0.2) is 48.5 Å². The van der Waals surface area contributed by atoms with Crippen LogP contribution in [0, 0.1) is 0 Å². The quantitative estimate of drug-likeness (QED) is 0.140. The Hall–Kier alpha value is -4.02. The number of amides is 1. The number of para-hydroxylation sites is 1. The highest BCUT2D eigenvalue weighted by Crippen LogP contribution is 2.49. The van der Waals surface area contributed by atoms with Crippen LogP contribution in [0.5, 0.6) is 11.5 Å². The maximum atomic E-state index is 13.4. The highest BCUT2D eigenvalue weighted by atomic mass is 31.2. The van der Waals surface area contributed by atoms with Gasteiger partial charge in [0.05, 0.1) is 12.8 Å². The lowest BCUT2D eigenvalue weighted by molar-refractivity contribution is -0.150. The van der Waals surface area contributed by atoms with Crippen LogP contribution in [0.3, 0.4) is 0 Å². The molecule has 2 rings (SSSR count). The van der Waals surface area contributed by atoms with E-state index in [1.807, 2.05) is 0 Å². The summed E-state index contributed by atoms with van der Waals surface area (Å²) in [6.45, 7) is 4.06. The largest absolute Gasteiger partial charge is 0.478 e. The van der Waals surface area contributed by atoms with Crippen LogP contribution in [0.2, 0.25) is 0 Å². The van der Waals surface area contributed by atoms with Gasteiger partial charge >= 0.3 is 25.5 Å². The van der Waals surface area contributed by atoms with E-state index < -0.39 is 43.3 Å². The highest BCUT2D eigenvalue weighted by molar-refractivity contribution is 7.54. The number of ether oxygens (including phenoxy) is 2. The van der Waals surface area contributed by atoms with E-state index in [1.54, 1.807) is 37.3 Å². The zero-order valence-corrected chi connectivity index (χ0v) is 22.6. The fraction of sp³-hybridized carbons (Fsp3) is 0.346. The standard InChI is InChI=1S/C26H30NO11P/c1-4-35-26(33)17(2)37-39(34,38-20-8-6-5-7-9-20)15-14-27-24(30)13-12-22(29)19-10-11-21(25(31)32)23(16-19)36-18(3)28/h5-11,16-17H,4,12-15H2,1-3H3,(H,27,30)(H,31,32)/t17-,39?/m0/s1. The SMILES string of the molecule is CCOC(=O)[C@H](C)OP(=O)(CCNC(=O)CCC(=O)c1ccc(C(=O)O)c(OC(C)=O)c1)Oc1ccccc1. The van der Waals surface area contributed by atoms with Crippen LogP contribution in [-0.2, 0) is 28.2 Å². The Bertz CT molecular complexity index is 1250. The molecule has 2 N–H and O–H groups in total. The van der Waals surface area contributed by atoms with Gasteiger partial charge in [0.2, 0.25) is 5.91 Å². The number of rotatable bonds is 15. The molecule has 0 radical (unpaired) electrons. The maximum Gasteiger partial charge on any atom is 0.381 e. The Kier molecular flexibility index (Phi) is 11.8. The van der Waals surface area contributed by atoms with Crippen molar-refractivity contribution in [3.8, 4) is 11.5 Å². The summed E-state index contributed by atoms with van der Waals surface area (Å²) in [6, 6.07) is 11.7. The molecule has 0 aliphatic rings. The Morgan fingerprint density at radius 2 is 1.72 bits per heavy atom. The zero-order chi connectivity index (χ0) is 29.0. The van der Waals surface area contributed by atoms with Gasteiger partial charge in [0.25, 0.3) is 0 Å². The second-order valence-electron chi connectivity index (χ2n) is 8.12. The molecule has 2 aromatic rings. The number of hydrogen-bond acceptors (Lipinski definition) is 10. The summed E-state index contributed by atoms with van der Waals surface area (Å²) in [6.07, 6.45) is -1.91. The second kappa shape index (κ2) is 14.8. The molecular weight excluding hydrogens is 533 g/mol. The van der Waals surface area contributed by atoms with Crippen LogP contribution in [0.4, 0.5) is 0 Å². The van der Waals surface area contributed by atoms with Crippen molar-refractivity contribution in [3.63, 3.8) is 0 Å². The summed E-state index contributed by atoms with van der Waals surface area (Å²) in [7, 11) is -3.92. The van der Waals surface area contributed by atoms with Crippen LogP contribution in [-0.4, -0.2) is 60.1 Å². The summed E-state index contributed by atoms with van der Waals surface area (Å²) in [4.78, 5) is 59.4. The van der Waals surface area contributed by atoms with Crippen molar-refractivity contribution in [1.29, 1.82) is 0 Å². The maximum absolute atomic E-state index is 13.4. The van der Waals surface area contributed by atoms with Crippen molar-refractivity contribution >= 4 is 37.2 Å². The molecule has 1 amide bonds. The lowest BCUT2D eigenvalue weighted by atomic mass is 10.0. The molecule has 0 bridgehead atoms. The number of ketones is 1. The summed E-state index contributed by atoms with van der Waals surface area (Å²) >= 11 is 0. The van der Waals surface area contributed by atoms with Gasteiger partial charge in [-0.05, 0) is 38.1 Å². The van der Waals surface area contributed by atoms with E-state index in [4.69, 9.17) is 18.5 Å². The monoisotopic (exact) mass is 563 g/mol. The Morgan fingerprint density at radius 1 is 1.03 bits per heavy atom. The average molecular weight is 563 g/mol. The molecule has 0 aliphatic carbocycles. The molecule has 1 unspecified atom stereocenters. The lowest BCUT2D eigenvalue weighted by Crippen LogP contribution is -2.29. The van der Waals surface area contributed by atoms with Gasteiger partial charge in [-0.1, -0.05) is 24.3 Å². The summed E-state index contributed by atoms with van der Waals surface area (Å²) < 4.78 is 34.1. The first-order valence-electron chi connectivity index (χ1n) is 12.0. The fourth-order valence-corrected chi connectivity index (χ4v) is 4.85. The molecule has 0 aromatic heterocycles. The predicted molar refractivity (Wildman–Crippen MR) is 138 cm³/mol. The third-order valence-electron chi connectivity index (χ3n) is 5.00. The summed E-state index contributed by atoms with van der Waals surface area (Å²) in [5.74, 6) is -3.86. The van der Waals surface area contributed by atoms with E-state index in [0.717, 1.165) is 19.1 Å². The van der Waals surface area contributed by atoms with Crippen LogP contribution < -0.4 is 14.6 Å². The smallest absolute Gasteiger partial charge is 0.381 e. The van der Waals surface area contributed by atoms with E-state index in [2.05, 4.69) is 5.32 Å². The minimum absolute atomic E-state index is 0.0613. The first kappa shape index (κ1) is 31.2. The minimum atomic E-state index is -3.92. The molecule has 210 valence electrons. The molecule has 2 atom stereocenters. The number of esters is 2. The third kappa shape index (κ3) is 10.3. The Labute approximate surface area is 225 Å². The van der Waals surface area contributed by atoms with Gasteiger partial charge in [-0.15, -0.1) is 0 Å². The van der Waals surface area contributed by atoms with Crippen molar-refractivity contribution in [2.24, 2.45) is 0 Å². The Balaban J connectivity index is 1.97. The normalized spacial score (nSPS) is 12.9. The molecule has 0 aliphatic heterocycles. The number of nitrogens with one attached hydrogen (secondary N) is 1. The van der Waals surface area contributed by atoms with Crippen LogP contribution in [0.1, 0.15) is 54.3 Å². The highest BCUT2D eigenvalue weighted by Gasteiger charge is 2.32. The first-order chi connectivity index (χ1) is 18.4. The number of carbonyl (C=O) groups excluding carboxylic acids is 4. The molecule has 0 fully saturated rings. The predicted octanol–water partition coefficient (Wildman–Crippen LogP) is 3.63. The molecule has 0 heterocycles. The molecule has 0 saturated carbocycles. The van der Waals surface area contributed by atoms with E-state index in [0.29, 0.717) is 0 Å². The lowest BCUT2D eigenvalue weighted by Gasteiger charge is -2.22. The van der Waals surface area contributed by atoms with Crippen molar-refractivity contribution in [3.05, 3.63) is 59.7 Å². The fourth-order valence-electron chi connectivity index (χ4n) is 3.21. The van der Waals surface area contributed by atoms with Crippen LogP contribution in [0.25, 0.3) is 0 Å². The number of Topliss-reactive ketones (excluding diaryl/α,β-unsaturated/α-hetero) is 1. The van der Waals surface area contributed by atoms with Crippen molar-refractivity contribution in [2.75, 3.05) is 19.3 Å². The average Bonchev–Trinajstić information content (AvgIpc) is 2.87. The first-order valence-corrected chi connectivity index (χ1v) is 13.7. The van der Waals surface area contributed by atoms with Gasteiger partial charge in [-0.25, -0.2) is 14.2 Å². The molecule has 12 nitrogen and oxygen atoms in total. The molecular formula is C26H30NO11P. The summed E-state index contributed by atoms with van der Waals surface area (Å²) in [5, 5.41) is 11.7. The molecule has 0 spiro atoms. The van der Waals surface area contributed by atoms with Crippen LogP contribution >= 0.6 is 7.60 Å². The van der Waals surface area contributed by atoms with Gasteiger partial charge in [-0.3, -0.25) is 18.9 Å². The van der Waals surface area contributed by atoms with Crippen molar-refractivity contribution < 1.29 is 52.2 Å². The van der Waals surface area contributed by atoms with Gasteiger partial charge < -0.3 is 24.4 Å². The molecule has 2 aromatic carbocycles. The van der Waals surface area contributed by atoms with Gasteiger partial charge in [0.1, 0.15) is 17.1 Å². The second-order valence-corrected chi connectivity index (χ2v) is 10.2. The third-order valence-corrected chi connectivity index (χ3v) is 6.90. The van der Waals surface area contributed by atoms with E-state index in [9.17, 15) is 33.6 Å². The topological polar surface area (TPSA) is 172 Å². The van der Waals surface area contributed by atoms with E-state index >= 15 is 0 Å². The zero-order valence-electron chi connectivity index (χ0n) is 21.7. The number of carboxylic acid groups (broad SMARTS) is 1. The number of hydrogen-bond donors (Lipinski definition) is 2. The van der Waals surface area contributed by atoms with E-state index in [1.165, 1.54) is 13.0 Å². The van der Waals surface area contributed by atoms with Gasteiger partial charge in [-0.2, -0.15) is 0 Å². The van der Waals surface area contributed by atoms with Crippen molar-refractivity contribution in [1.82, 2.24) is 5.32 Å². The van der Waals surface area contributed by atoms with E-state index in [-0.39, 0.29) is 54.8 Å². The molecule has 0 saturated heterocycles. The number of aromatic carboxylic acids is 1. The minimum Gasteiger partial charge on any atom is -0.478 e. The summed E-state index contributed by atoms with van der Waals surface area (Å²) in [5.41, 5.74) is -0.229. The molecule has 13 heteroatoms. The molecule has 39 heavy (non-hydrogen) atoms. The number of benzene rings is 2. The number of carbonyl (C=O) groups is 5. The van der Waals surface area contributed by atoms with Crippen molar-refractivity contribution in [2.45, 2.75) is 39.7 Å². The number of carboxylic acids is 1. The Morgan fingerprint density at radius 3 is 2.33 bits per heavy atom.